The van der Waals surface area contributed by atoms with Gasteiger partial charge in [0.1, 0.15) is 5.75 Å². The molecule has 0 aliphatic heterocycles. The van der Waals surface area contributed by atoms with Gasteiger partial charge in [0.25, 0.3) is 5.91 Å². The molecule has 114 valence electrons. The Kier molecular flexibility index (Phi) is 5.01. The van der Waals surface area contributed by atoms with Gasteiger partial charge >= 0.3 is 5.97 Å². The smallest absolute Gasteiger partial charge is 0.337 e. The number of para-hydroxylation sites is 1. The van der Waals surface area contributed by atoms with E-state index in [4.69, 9.17) is 21.4 Å². The van der Waals surface area contributed by atoms with Gasteiger partial charge in [-0.05, 0) is 30.3 Å². The highest BCUT2D eigenvalue weighted by Gasteiger charge is 2.18. The van der Waals surface area contributed by atoms with Gasteiger partial charge in [-0.15, -0.1) is 0 Å². The molecular formula is C16H14ClNO4. The van der Waals surface area contributed by atoms with E-state index in [9.17, 15) is 9.59 Å². The highest BCUT2D eigenvalue weighted by molar-refractivity contribution is 6.30. The van der Waals surface area contributed by atoms with E-state index in [2.05, 4.69) is 0 Å². The number of likely N-dealkylation sites (N-methyl/N-ethyl adjacent to an activating group) is 1. The summed E-state index contributed by atoms with van der Waals surface area (Å²) in [5.74, 6) is -0.986. The van der Waals surface area contributed by atoms with Crippen molar-refractivity contribution in [2.24, 2.45) is 0 Å². The van der Waals surface area contributed by atoms with Crippen LogP contribution in [-0.4, -0.2) is 30.6 Å². The quantitative estimate of drug-likeness (QED) is 0.919. The van der Waals surface area contributed by atoms with Crippen molar-refractivity contribution in [2.75, 3.05) is 18.6 Å². The third-order valence-corrected chi connectivity index (χ3v) is 3.26. The van der Waals surface area contributed by atoms with Crippen LogP contribution in [-0.2, 0) is 4.79 Å². The number of hydrogen-bond acceptors (Lipinski definition) is 3. The number of nitrogens with zero attached hydrogens (tertiary/aromatic N) is 1. The first kappa shape index (κ1) is 15.9. The molecule has 2 rings (SSSR count). The fourth-order valence-electron chi connectivity index (χ4n) is 1.88. The summed E-state index contributed by atoms with van der Waals surface area (Å²) in [6.45, 7) is -0.217. The van der Waals surface area contributed by atoms with Gasteiger partial charge in [0.15, 0.2) is 6.61 Å². The van der Waals surface area contributed by atoms with Crippen molar-refractivity contribution in [3.63, 3.8) is 0 Å². The number of aromatic carboxylic acids is 1. The van der Waals surface area contributed by atoms with E-state index < -0.39 is 5.97 Å². The van der Waals surface area contributed by atoms with Crippen LogP contribution in [0.1, 0.15) is 10.4 Å². The fraction of sp³-hybridized carbons (Fsp3) is 0.125. The summed E-state index contributed by atoms with van der Waals surface area (Å²) in [6, 6.07) is 13.0. The molecule has 0 aromatic heterocycles. The maximum atomic E-state index is 12.2. The van der Waals surface area contributed by atoms with Crippen LogP contribution in [0.3, 0.4) is 0 Å². The van der Waals surface area contributed by atoms with Gasteiger partial charge in [0.2, 0.25) is 0 Å². The zero-order chi connectivity index (χ0) is 16.1. The standard InChI is InChI=1S/C16H14ClNO4/c1-18(14-8-3-2-7-13(14)16(20)21)15(19)10-22-12-6-4-5-11(17)9-12/h2-9H,10H2,1H3,(H,20,21). The lowest BCUT2D eigenvalue weighted by Gasteiger charge is -2.19. The summed E-state index contributed by atoms with van der Waals surface area (Å²) in [5.41, 5.74) is 0.371. The average Bonchev–Trinajstić information content (AvgIpc) is 2.52. The van der Waals surface area contributed by atoms with Crippen LogP contribution in [0.5, 0.6) is 5.75 Å². The number of anilines is 1. The highest BCUT2D eigenvalue weighted by Crippen LogP contribution is 2.20. The molecule has 0 heterocycles. The van der Waals surface area contributed by atoms with Crippen molar-refractivity contribution in [2.45, 2.75) is 0 Å². The second kappa shape index (κ2) is 6.95. The van der Waals surface area contributed by atoms with Crippen LogP contribution in [0.4, 0.5) is 5.69 Å². The summed E-state index contributed by atoms with van der Waals surface area (Å²) in [7, 11) is 1.51. The molecule has 0 fully saturated rings. The van der Waals surface area contributed by atoms with E-state index in [-0.39, 0.29) is 18.1 Å². The molecule has 0 unspecified atom stereocenters. The van der Waals surface area contributed by atoms with Gasteiger partial charge in [-0.1, -0.05) is 29.8 Å². The van der Waals surface area contributed by atoms with Gasteiger partial charge in [-0.3, -0.25) is 4.79 Å². The third-order valence-electron chi connectivity index (χ3n) is 3.03. The van der Waals surface area contributed by atoms with Crippen LogP contribution in [0.25, 0.3) is 0 Å². The maximum absolute atomic E-state index is 12.2. The van der Waals surface area contributed by atoms with Crippen molar-refractivity contribution in [1.82, 2.24) is 0 Å². The Bertz CT molecular complexity index is 702. The molecular weight excluding hydrogens is 306 g/mol. The Labute approximate surface area is 132 Å². The molecule has 2 aromatic rings. The normalized spacial score (nSPS) is 10.1. The lowest BCUT2D eigenvalue weighted by atomic mass is 10.1. The van der Waals surface area contributed by atoms with Gasteiger partial charge < -0.3 is 14.7 Å². The first-order chi connectivity index (χ1) is 10.5. The fourth-order valence-corrected chi connectivity index (χ4v) is 2.06. The second-order valence-corrected chi connectivity index (χ2v) is 4.96. The lowest BCUT2D eigenvalue weighted by molar-refractivity contribution is -0.120. The number of halogens is 1. The minimum atomic E-state index is -1.09. The Morgan fingerprint density at radius 3 is 2.59 bits per heavy atom. The number of benzene rings is 2. The summed E-state index contributed by atoms with van der Waals surface area (Å²) in [5, 5.41) is 9.66. The van der Waals surface area contributed by atoms with Crippen LogP contribution in [0, 0.1) is 0 Å². The summed E-state index contributed by atoms with van der Waals surface area (Å²) < 4.78 is 5.37. The second-order valence-electron chi connectivity index (χ2n) is 4.52. The zero-order valence-corrected chi connectivity index (χ0v) is 12.6. The van der Waals surface area contributed by atoms with Crippen molar-refractivity contribution in [1.29, 1.82) is 0 Å². The van der Waals surface area contributed by atoms with Crippen LogP contribution < -0.4 is 9.64 Å². The van der Waals surface area contributed by atoms with Crippen LogP contribution >= 0.6 is 11.6 Å². The number of carboxylic acid groups (broad SMARTS) is 1. The van der Waals surface area contributed by atoms with E-state index in [1.54, 1.807) is 42.5 Å². The molecule has 22 heavy (non-hydrogen) atoms. The highest BCUT2D eigenvalue weighted by atomic mass is 35.5. The van der Waals surface area contributed by atoms with E-state index >= 15 is 0 Å². The summed E-state index contributed by atoms with van der Waals surface area (Å²) in [4.78, 5) is 24.6. The molecule has 1 N–H and O–H groups in total. The van der Waals surface area contributed by atoms with Crippen molar-refractivity contribution in [3.05, 3.63) is 59.1 Å². The Hall–Kier alpha value is -2.53. The molecule has 0 spiro atoms. The van der Waals surface area contributed by atoms with Crippen LogP contribution in [0.2, 0.25) is 5.02 Å². The summed E-state index contributed by atoms with van der Waals surface area (Å²) in [6.07, 6.45) is 0. The van der Waals surface area contributed by atoms with Crippen LogP contribution in [0.15, 0.2) is 48.5 Å². The third kappa shape index (κ3) is 3.77. The number of hydrogen-bond donors (Lipinski definition) is 1. The molecule has 0 bridgehead atoms. The van der Waals surface area contributed by atoms with Crippen molar-refractivity contribution >= 4 is 29.2 Å². The van der Waals surface area contributed by atoms with E-state index in [1.165, 1.54) is 18.0 Å². The predicted molar refractivity (Wildman–Crippen MR) is 83.8 cm³/mol. The predicted octanol–water partition coefficient (Wildman–Crippen LogP) is 3.08. The number of rotatable bonds is 5. The molecule has 0 aliphatic carbocycles. The van der Waals surface area contributed by atoms with Gasteiger partial charge in [0, 0.05) is 12.1 Å². The Balaban J connectivity index is 2.08. The average molecular weight is 320 g/mol. The zero-order valence-electron chi connectivity index (χ0n) is 11.8. The van der Waals surface area contributed by atoms with Gasteiger partial charge in [-0.25, -0.2) is 4.79 Å². The molecule has 0 radical (unpaired) electrons. The van der Waals surface area contributed by atoms with Gasteiger partial charge in [0.05, 0.1) is 11.3 Å². The van der Waals surface area contributed by atoms with Crippen molar-refractivity contribution < 1.29 is 19.4 Å². The molecule has 5 nitrogen and oxygen atoms in total. The Morgan fingerprint density at radius 2 is 1.91 bits per heavy atom. The maximum Gasteiger partial charge on any atom is 0.337 e. The molecule has 0 saturated carbocycles. The summed E-state index contributed by atoms with van der Waals surface area (Å²) >= 11 is 5.83. The van der Waals surface area contributed by atoms with E-state index in [0.29, 0.717) is 16.5 Å². The lowest BCUT2D eigenvalue weighted by Crippen LogP contribution is -2.32. The number of carbonyl (C=O) groups excluding carboxylic acids is 1. The SMILES string of the molecule is CN(C(=O)COc1cccc(Cl)c1)c1ccccc1C(=O)O. The minimum absolute atomic E-state index is 0.0566. The minimum Gasteiger partial charge on any atom is -0.484 e. The largest absolute Gasteiger partial charge is 0.484 e. The monoisotopic (exact) mass is 319 g/mol. The molecule has 2 aromatic carbocycles. The first-order valence-electron chi connectivity index (χ1n) is 6.46. The Morgan fingerprint density at radius 1 is 1.18 bits per heavy atom. The van der Waals surface area contributed by atoms with Crippen molar-refractivity contribution in [3.8, 4) is 5.75 Å². The molecule has 0 atom stereocenters. The first-order valence-corrected chi connectivity index (χ1v) is 6.84. The topological polar surface area (TPSA) is 66.8 Å². The molecule has 0 aliphatic rings. The number of ether oxygens (including phenoxy) is 1. The molecule has 0 saturated heterocycles. The van der Waals surface area contributed by atoms with E-state index in [1.807, 2.05) is 0 Å². The van der Waals surface area contributed by atoms with E-state index in [0.717, 1.165) is 0 Å². The number of carbonyl (C=O) groups is 2. The number of carboxylic acids is 1. The molecule has 6 heteroatoms. The molecule has 1 amide bonds. The number of amides is 1. The van der Waals surface area contributed by atoms with Gasteiger partial charge in [-0.2, -0.15) is 0 Å².